The third-order valence-electron chi connectivity index (χ3n) is 2.80. The molecule has 1 aliphatic heterocycles. The topological polar surface area (TPSA) is 93.0 Å². The van der Waals surface area contributed by atoms with E-state index in [2.05, 4.69) is 20.6 Å². The van der Waals surface area contributed by atoms with Gasteiger partial charge in [0.05, 0.1) is 4.92 Å². The Kier molecular flexibility index (Phi) is 4.19. The first-order valence-corrected chi connectivity index (χ1v) is 6.89. The van der Waals surface area contributed by atoms with Crippen LogP contribution in [0.15, 0.2) is 6.33 Å². The van der Waals surface area contributed by atoms with Crippen molar-refractivity contribution in [1.29, 1.82) is 0 Å². The molecule has 0 saturated carbocycles. The van der Waals surface area contributed by atoms with Crippen molar-refractivity contribution in [2.45, 2.75) is 18.9 Å². The highest BCUT2D eigenvalue weighted by Crippen LogP contribution is 2.30. The van der Waals surface area contributed by atoms with Gasteiger partial charge in [-0.3, -0.25) is 10.1 Å². The van der Waals surface area contributed by atoms with Crippen LogP contribution in [0.1, 0.15) is 12.8 Å². The number of nitrogens with one attached hydrogen (secondary N) is 2. The lowest BCUT2D eigenvalue weighted by Gasteiger charge is -2.22. The van der Waals surface area contributed by atoms with Crippen molar-refractivity contribution in [2.75, 3.05) is 29.2 Å². The Bertz CT molecular complexity index is 436. The number of anilines is 2. The standard InChI is InChI=1S/C10H15N5O2S/c1-11-9-8(15(16)17)10(13-6-12-9)14-7-2-4-18-5-3-7/h6-7H,2-5H2,1H3,(H2,11,12,13,14). The maximum atomic E-state index is 11.1. The summed E-state index contributed by atoms with van der Waals surface area (Å²) < 4.78 is 0. The third-order valence-corrected chi connectivity index (χ3v) is 3.85. The molecule has 0 spiro atoms. The highest BCUT2D eigenvalue weighted by Gasteiger charge is 2.24. The summed E-state index contributed by atoms with van der Waals surface area (Å²) in [7, 11) is 1.61. The second kappa shape index (κ2) is 5.85. The van der Waals surface area contributed by atoms with Crippen LogP contribution >= 0.6 is 11.8 Å². The molecule has 1 saturated heterocycles. The number of hydrogen-bond donors (Lipinski definition) is 2. The van der Waals surface area contributed by atoms with E-state index in [1.807, 2.05) is 11.8 Å². The van der Waals surface area contributed by atoms with Gasteiger partial charge >= 0.3 is 5.69 Å². The molecular formula is C10H15N5O2S. The molecule has 2 N–H and O–H groups in total. The molecule has 2 rings (SSSR count). The Hall–Kier alpha value is -1.57. The Morgan fingerprint density at radius 3 is 2.67 bits per heavy atom. The van der Waals surface area contributed by atoms with Gasteiger partial charge in [-0.1, -0.05) is 0 Å². The quantitative estimate of drug-likeness (QED) is 0.635. The minimum atomic E-state index is -0.453. The van der Waals surface area contributed by atoms with Gasteiger partial charge in [0.2, 0.25) is 11.6 Å². The lowest BCUT2D eigenvalue weighted by Crippen LogP contribution is -2.25. The number of hydrogen-bond acceptors (Lipinski definition) is 7. The summed E-state index contributed by atoms with van der Waals surface area (Å²) in [4.78, 5) is 18.5. The van der Waals surface area contributed by atoms with Gasteiger partial charge in [0.1, 0.15) is 6.33 Å². The minimum Gasteiger partial charge on any atom is -0.367 e. The lowest BCUT2D eigenvalue weighted by molar-refractivity contribution is -0.383. The SMILES string of the molecule is CNc1ncnc(NC2CCSCC2)c1[N+](=O)[O-]. The van der Waals surface area contributed by atoms with E-state index in [9.17, 15) is 10.1 Å². The largest absolute Gasteiger partial charge is 0.367 e. The fraction of sp³-hybridized carbons (Fsp3) is 0.600. The van der Waals surface area contributed by atoms with Crippen LogP contribution in [0.4, 0.5) is 17.3 Å². The van der Waals surface area contributed by atoms with Crippen LogP contribution in [0.25, 0.3) is 0 Å². The average Bonchev–Trinajstić information content (AvgIpc) is 2.39. The van der Waals surface area contributed by atoms with Crippen molar-refractivity contribution in [3.8, 4) is 0 Å². The summed E-state index contributed by atoms with van der Waals surface area (Å²) in [6, 6.07) is 0.254. The highest BCUT2D eigenvalue weighted by atomic mass is 32.2. The van der Waals surface area contributed by atoms with Crippen molar-refractivity contribution in [1.82, 2.24) is 9.97 Å². The van der Waals surface area contributed by atoms with E-state index in [0.717, 1.165) is 24.3 Å². The summed E-state index contributed by atoms with van der Waals surface area (Å²) in [6.07, 6.45) is 3.33. The zero-order chi connectivity index (χ0) is 13.0. The lowest BCUT2D eigenvalue weighted by atomic mass is 10.1. The molecule has 1 aromatic rings. The van der Waals surface area contributed by atoms with Crippen LogP contribution < -0.4 is 10.6 Å². The van der Waals surface area contributed by atoms with Gasteiger partial charge in [0.25, 0.3) is 0 Å². The normalized spacial score (nSPS) is 16.3. The first-order chi connectivity index (χ1) is 8.72. The van der Waals surface area contributed by atoms with Crippen molar-refractivity contribution < 1.29 is 4.92 Å². The van der Waals surface area contributed by atoms with Crippen molar-refractivity contribution >= 4 is 29.1 Å². The van der Waals surface area contributed by atoms with Crippen molar-refractivity contribution in [2.24, 2.45) is 0 Å². The molecule has 1 aliphatic rings. The molecule has 0 atom stereocenters. The summed E-state index contributed by atoms with van der Waals surface area (Å²) in [6.45, 7) is 0. The third kappa shape index (κ3) is 2.81. The highest BCUT2D eigenvalue weighted by molar-refractivity contribution is 7.99. The Morgan fingerprint density at radius 2 is 2.06 bits per heavy atom. The second-order valence-electron chi connectivity index (χ2n) is 3.96. The van der Waals surface area contributed by atoms with E-state index in [1.165, 1.54) is 6.33 Å². The summed E-state index contributed by atoms with van der Waals surface area (Å²) in [5.74, 6) is 2.70. The van der Waals surface area contributed by atoms with E-state index in [0.29, 0.717) is 5.82 Å². The first-order valence-electron chi connectivity index (χ1n) is 5.73. The number of aromatic nitrogens is 2. The molecule has 0 amide bonds. The Morgan fingerprint density at radius 1 is 1.39 bits per heavy atom. The van der Waals surface area contributed by atoms with Crippen LogP contribution in [0.5, 0.6) is 0 Å². The maximum Gasteiger partial charge on any atom is 0.353 e. The number of thioether (sulfide) groups is 1. The first kappa shape index (κ1) is 12.9. The zero-order valence-corrected chi connectivity index (χ0v) is 10.9. The summed E-state index contributed by atoms with van der Waals surface area (Å²) in [5, 5.41) is 17.0. The molecule has 2 heterocycles. The molecular weight excluding hydrogens is 254 g/mol. The average molecular weight is 269 g/mol. The predicted octanol–water partition coefficient (Wildman–Crippen LogP) is 1.73. The van der Waals surface area contributed by atoms with Gasteiger partial charge in [-0.05, 0) is 24.3 Å². The molecule has 7 nitrogen and oxygen atoms in total. The van der Waals surface area contributed by atoms with Crippen LogP contribution in [0.2, 0.25) is 0 Å². The van der Waals surface area contributed by atoms with E-state index in [-0.39, 0.29) is 17.5 Å². The molecule has 98 valence electrons. The van der Waals surface area contributed by atoms with Crippen LogP contribution in [0, 0.1) is 10.1 Å². The smallest absolute Gasteiger partial charge is 0.353 e. The van der Waals surface area contributed by atoms with Crippen LogP contribution in [-0.4, -0.2) is 39.5 Å². The molecule has 8 heteroatoms. The van der Waals surface area contributed by atoms with Gasteiger partial charge in [0, 0.05) is 13.1 Å². The zero-order valence-electron chi connectivity index (χ0n) is 10.0. The van der Waals surface area contributed by atoms with Gasteiger partial charge < -0.3 is 10.6 Å². The number of nitro groups is 1. The Balaban J connectivity index is 2.23. The molecule has 1 fully saturated rings. The maximum absolute atomic E-state index is 11.1. The summed E-state index contributed by atoms with van der Waals surface area (Å²) in [5.41, 5.74) is -0.0850. The molecule has 0 aliphatic carbocycles. The van der Waals surface area contributed by atoms with Crippen molar-refractivity contribution in [3.63, 3.8) is 0 Å². The molecule has 18 heavy (non-hydrogen) atoms. The van der Waals surface area contributed by atoms with Crippen LogP contribution in [-0.2, 0) is 0 Å². The van der Waals surface area contributed by atoms with E-state index >= 15 is 0 Å². The minimum absolute atomic E-state index is 0.0850. The van der Waals surface area contributed by atoms with E-state index in [4.69, 9.17) is 0 Å². The monoisotopic (exact) mass is 269 g/mol. The van der Waals surface area contributed by atoms with Gasteiger partial charge in [-0.25, -0.2) is 9.97 Å². The number of nitrogens with zero attached hydrogens (tertiary/aromatic N) is 3. The molecule has 0 bridgehead atoms. The van der Waals surface area contributed by atoms with E-state index < -0.39 is 4.92 Å². The Labute approximate surface area is 109 Å². The fourth-order valence-corrected chi connectivity index (χ4v) is 2.98. The predicted molar refractivity (Wildman–Crippen MR) is 72.2 cm³/mol. The van der Waals surface area contributed by atoms with Crippen LogP contribution in [0.3, 0.4) is 0 Å². The summed E-state index contributed by atoms with van der Waals surface area (Å²) >= 11 is 1.91. The van der Waals surface area contributed by atoms with Gasteiger partial charge in [0.15, 0.2) is 0 Å². The molecule has 0 unspecified atom stereocenters. The molecule has 0 aromatic carbocycles. The molecule has 0 radical (unpaired) electrons. The number of rotatable bonds is 4. The second-order valence-corrected chi connectivity index (χ2v) is 5.18. The molecule has 1 aromatic heterocycles. The van der Waals surface area contributed by atoms with Gasteiger partial charge in [-0.2, -0.15) is 11.8 Å². The van der Waals surface area contributed by atoms with Crippen molar-refractivity contribution in [3.05, 3.63) is 16.4 Å². The van der Waals surface area contributed by atoms with E-state index in [1.54, 1.807) is 7.05 Å². The fourth-order valence-electron chi connectivity index (χ4n) is 1.88. The van der Waals surface area contributed by atoms with Gasteiger partial charge in [-0.15, -0.1) is 0 Å².